The van der Waals surface area contributed by atoms with Crippen molar-refractivity contribution in [2.45, 2.75) is 25.4 Å². The van der Waals surface area contributed by atoms with Crippen LogP contribution in [0.25, 0.3) is 0 Å². The Morgan fingerprint density at radius 1 is 1.17 bits per heavy atom. The van der Waals surface area contributed by atoms with Crippen LogP contribution in [-0.2, 0) is 0 Å². The molecule has 1 N–H and O–H groups in total. The van der Waals surface area contributed by atoms with Gasteiger partial charge < -0.3 is 19.5 Å². The van der Waals surface area contributed by atoms with E-state index < -0.39 is 5.60 Å². The van der Waals surface area contributed by atoms with Crippen LogP contribution in [-0.4, -0.2) is 53.0 Å². The van der Waals surface area contributed by atoms with Gasteiger partial charge in [0.15, 0.2) is 0 Å². The standard InChI is InChI=1S/C11H18N4O3/c1-4-5-11(16)6-15(7-11)8-12-9(17-2)14-10(13-8)18-3/h16H,4-7H2,1-3H3. The third kappa shape index (κ3) is 2.45. The van der Waals surface area contributed by atoms with Crippen molar-refractivity contribution in [3.05, 3.63) is 0 Å². The molecule has 2 heterocycles. The third-order valence-corrected chi connectivity index (χ3v) is 2.92. The average Bonchev–Trinajstić information content (AvgIpc) is 2.35. The molecule has 0 atom stereocenters. The Hall–Kier alpha value is -1.63. The molecule has 0 spiro atoms. The van der Waals surface area contributed by atoms with Crippen molar-refractivity contribution in [2.24, 2.45) is 0 Å². The lowest BCUT2D eigenvalue weighted by molar-refractivity contribution is 0.00228. The summed E-state index contributed by atoms with van der Waals surface area (Å²) >= 11 is 0. The molecule has 0 aliphatic carbocycles. The Bertz CT molecular complexity index is 398. The fourth-order valence-corrected chi connectivity index (χ4v) is 2.08. The van der Waals surface area contributed by atoms with Gasteiger partial charge in [-0.3, -0.25) is 0 Å². The number of rotatable bonds is 5. The van der Waals surface area contributed by atoms with Crippen LogP contribution in [0, 0.1) is 0 Å². The summed E-state index contributed by atoms with van der Waals surface area (Å²) in [6.45, 7) is 3.10. The van der Waals surface area contributed by atoms with Gasteiger partial charge in [0.2, 0.25) is 5.95 Å². The van der Waals surface area contributed by atoms with Gasteiger partial charge in [0.1, 0.15) is 0 Å². The summed E-state index contributed by atoms with van der Waals surface area (Å²) in [5.74, 6) is 0.472. The Morgan fingerprint density at radius 2 is 1.72 bits per heavy atom. The Morgan fingerprint density at radius 3 is 2.17 bits per heavy atom. The fraction of sp³-hybridized carbons (Fsp3) is 0.727. The minimum atomic E-state index is -0.623. The quantitative estimate of drug-likeness (QED) is 0.806. The number of aromatic nitrogens is 3. The van der Waals surface area contributed by atoms with E-state index in [1.807, 2.05) is 4.90 Å². The van der Waals surface area contributed by atoms with Crippen molar-refractivity contribution in [2.75, 3.05) is 32.2 Å². The summed E-state index contributed by atoms with van der Waals surface area (Å²) in [6.07, 6.45) is 1.73. The highest BCUT2D eigenvalue weighted by Crippen LogP contribution is 2.29. The number of β-amino-alcohol motifs (C(OH)–C–C–N with tert-alkyl or cyclic N) is 1. The molecule has 18 heavy (non-hydrogen) atoms. The molecule has 2 rings (SSSR count). The second kappa shape index (κ2) is 4.93. The van der Waals surface area contributed by atoms with Crippen LogP contribution in [0.15, 0.2) is 0 Å². The van der Waals surface area contributed by atoms with Crippen molar-refractivity contribution >= 4 is 5.95 Å². The zero-order chi connectivity index (χ0) is 13.2. The van der Waals surface area contributed by atoms with Crippen molar-refractivity contribution in [1.29, 1.82) is 0 Å². The average molecular weight is 254 g/mol. The number of methoxy groups -OCH3 is 2. The van der Waals surface area contributed by atoms with E-state index in [1.165, 1.54) is 14.2 Å². The Labute approximate surface area is 106 Å². The Kier molecular flexibility index (Phi) is 3.51. The Balaban J connectivity index is 2.11. The van der Waals surface area contributed by atoms with Crippen LogP contribution in [0.4, 0.5) is 5.95 Å². The molecule has 7 nitrogen and oxygen atoms in total. The van der Waals surface area contributed by atoms with Gasteiger partial charge >= 0.3 is 12.0 Å². The first-order valence-electron chi connectivity index (χ1n) is 5.91. The molecule has 1 aromatic heterocycles. The SMILES string of the molecule is CCCC1(O)CN(c2nc(OC)nc(OC)n2)C1. The highest BCUT2D eigenvalue weighted by molar-refractivity contribution is 5.38. The summed E-state index contributed by atoms with van der Waals surface area (Å²) in [6, 6.07) is 0.422. The van der Waals surface area contributed by atoms with E-state index in [-0.39, 0.29) is 12.0 Å². The van der Waals surface area contributed by atoms with Crippen LogP contribution in [0.2, 0.25) is 0 Å². The first-order chi connectivity index (χ1) is 8.60. The van der Waals surface area contributed by atoms with Gasteiger partial charge in [0.05, 0.1) is 32.9 Å². The molecule has 0 unspecified atom stereocenters. The number of anilines is 1. The maximum Gasteiger partial charge on any atom is 0.324 e. The van der Waals surface area contributed by atoms with Gasteiger partial charge in [0.25, 0.3) is 0 Å². The van der Waals surface area contributed by atoms with Crippen molar-refractivity contribution in [1.82, 2.24) is 15.0 Å². The molecular formula is C11H18N4O3. The van der Waals surface area contributed by atoms with E-state index in [0.717, 1.165) is 12.8 Å². The number of ether oxygens (including phenoxy) is 2. The zero-order valence-corrected chi connectivity index (χ0v) is 10.9. The van der Waals surface area contributed by atoms with E-state index in [4.69, 9.17) is 9.47 Å². The normalized spacial score (nSPS) is 17.2. The number of nitrogens with zero attached hydrogens (tertiary/aromatic N) is 4. The molecule has 0 amide bonds. The highest BCUT2D eigenvalue weighted by atomic mass is 16.5. The second-order valence-corrected chi connectivity index (χ2v) is 4.44. The molecule has 1 saturated heterocycles. The third-order valence-electron chi connectivity index (χ3n) is 2.92. The zero-order valence-electron chi connectivity index (χ0n) is 10.9. The fourth-order valence-electron chi connectivity index (χ4n) is 2.08. The molecule has 0 saturated carbocycles. The van der Waals surface area contributed by atoms with E-state index in [1.54, 1.807) is 0 Å². The summed E-state index contributed by atoms with van der Waals surface area (Å²) < 4.78 is 9.97. The summed E-state index contributed by atoms with van der Waals surface area (Å²) in [4.78, 5) is 14.1. The lowest BCUT2D eigenvalue weighted by Crippen LogP contribution is -2.62. The first-order valence-corrected chi connectivity index (χ1v) is 5.91. The van der Waals surface area contributed by atoms with E-state index in [0.29, 0.717) is 19.0 Å². The van der Waals surface area contributed by atoms with Gasteiger partial charge in [-0.2, -0.15) is 9.97 Å². The lowest BCUT2D eigenvalue weighted by atomic mass is 9.90. The van der Waals surface area contributed by atoms with Crippen LogP contribution in [0.3, 0.4) is 0 Å². The maximum atomic E-state index is 10.1. The second-order valence-electron chi connectivity index (χ2n) is 4.44. The molecule has 1 aliphatic rings. The number of hydrogen-bond donors (Lipinski definition) is 1. The van der Waals surface area contributed by atoms with Gasteiger partial charge in [-0.1, -0.05) is 13.3 Å². The lowest BCUT2D eigenvalue weighted by Gasteiger charge is -2.46. The topological polar surface area (TPSA) is 80.6 Å². The van der Waals surface area contributed by atoms with E-state index >= 15 is 0 Å². The molecule has 1 fully saturated rings. The summed E-state index contributed by atoms with van der Waals surface area (Å²) in [5, 5.41) is 10.1. The van der Waals surface area contributed by atoms with Gasteiger partial charge in [-0.05, 0) is 6.42 Å². The summed E-state index contributed by atoms with van der Waals surface area (Å²) in [5.41, 5.74) is -0.623. The minimum Gasteiger partial charge on any atom is -0.467 e. The van der Waals surface area contributed by atoms with Crippen molar-refractivity contribution in [3.8, 4) is 12.0 Å². The molecular weight excluding hydrogens is 236 g/mol. The summed E-state index contributed by atoms with van der Waals surface area (Å²) in [7, 11) is 2.98. The molecule has 100 valence electrons. The molecule has 7 heteroatoms. The van der Waals surface area contributed by atoms with Gasteiger partial charge in [0, 0.05) is 0 Å². The molecule has 0 radical (unpaired) electrons. The van der Waals surface area contributed by atoms with Crippen molar-refractivity contribution in [3.63, 3.8) is 0 Å². The van der Waals surface area contributed by atoms with E-state index in [2.05, 4.69) is 21.9 Å². The van der Waals surface area contributed by atoms with Crippen molar-refractivity contribution < 1.29 is 14.6 Å². The van der Waals surface area contributed by atoms with Crippen LogP contribution < -0.4 is 14.4 Å². The van der Waals surface area contributed by atoms with Gasteiger partial charge in [-0.25, -0.2) is 0 Å². The van der Waals surface area contributed by atoms with Crippen LogP contribution >= 0.6 is 0 Å². The smallest absolute Gasteiger partial charge is 0.324 e. The maximum absolute atomic E-state index is 10.1. The number of hydrogen-bond acceptors (Lipinski definition) is 7. The van der Waals surface area contributed by atoms with Crippen LogP contribution in [0.5, 0.6) is 12.0 Å². The molecule has 1 aliphatic heterocycles. The molecule has 0 aromatic carbocycles. The predicted molar refractivity (Wildman–Crippen MR) is 65.0 cm³/mol. The molecule has 1 aromatic rings. The predicted octanol–water partition coefficient (Wildman–Crippen LogP) is 0.240. The largest absolute Gasteiger partial charge is 0.467 e. The first kappa shape index (κ1) is 12.8. The van der Waals surface area contributed by atoms with Crippen LogP contribution in [0.1, 0.15) is 19.8 Å². The highest BCUT2D eigenvalue weighted by Gasteiger charge is 2.41. The monoisotopic (exact) mass is 254 g/mol. The number of aliphatic hydroxyl groups is 1. The minimum absolute atomic E-state index is 0.211. The molecule has 0 bridgehead atoms. The van der Waals surface area contributed by atoms with Gasteiger partial charge in [-0.15, -0.1) is 4.98 Å². The van der Waals surface area contributed by atoms with E-state index in [9.17, 15) is 5.11 Å².